The van der Waals surface area contributed by atoms with Gasteiger partial charge in [0.15, 0.2) is 5.78 Å². The van der Waals surface area contributed by atoms with Crippen LogP contribution in [0.25, 0.3) is 0 Å². The summed E-state index contributed by atoms with van der Waals surface area (Å²) in [5.74, 6) is -0.879. The van der Waals surface area contributed by atoms with Crippen molar-refractivity contribution in [1.29, 1.82) is 0 Å². The second-order valence-corrected chi connectivity index (χ2v) is 4.21. The van der Waals surface area contributed by atoms with Crippen LogP contribution in [-0.2, 0) is 9.53 Å². The molecule has 0 saturated carbocycles. The molecule has 1 rings (SSSR count). The highest BCUT2D eigenvalue weighted by molar-refractivity contribution is 6.30. The molecule has 0 aliphatic rings. The van der Waals surface area contributed by atoms with E-state index in [1.54, 1.807) is 38.1 Å². The molecule has 0 saturated heterocycles. The third kappa shape index (κ3) is 4.34. The van der Waals surface area contributed by atoms with Crippen LogP contribution < -0.4 is 0 Å². The van der Waals surface area contributed by atoms with Gasteiger partial charge in [-0.3, -0.25) is 4.79 Å². The zero-order valence-electron chi connectivity index (χ0n) is 10.4. The summed E-state index contributed by atoms with van der Waals surface area (Å²) in [6.07, 6.45) is 2.82. The quantitative estimate of drug-likeness (QED) is 0.467. The van der Waals surface area contributed by atoms with Gasteiger partial charge in [0, 0.05) is 22.6 Å². The average Bonchev–Trinajstić information content (AvgIpc) is 2.36. The Hall–Kier alpha value is -1.61. The number of halogens is 1. The predicted octanol–water partition coefficient (Wildman–Crippen LogP) is 3.28. The van der Waals surface area contributed by atoms with E-state index >= 15 is 0 Å². The largest absolute Gasteiger partial charge is 0.463 e. The van der Waals surface area contributed by atoms with Gasteiger partial charge in [0.2, 0.25) is 0 Å². The molecule has 0 spiro atoms. The average molecular weight is 267 g/mol. The summed E-state index contributed by atoms with van der Waals surface area (Å²) >= 11 is 5.75. The SMILES string of the molecule is CCOC(=O)C=CC(C)C(=O)c1ccc(Cl)cc1. The number of ether oxygens (including phenoxy) is 1. The second kappa shape index (κ2) is 6.97. The standard InChI is InChI=1S/C14H15ClO3/c1-3-18-13(16)9-4-10(2)14(17)11-5-7-12(15)8-6-11/h4-10H,3H2,1-2H3. The van der Waals surface area contributed by atoms with Crippen LogP contribution in [0.5, 0.6) is 0 Å². The zero-order chi connectivity index (χ0) is 13.5. The molecule has 0 bridgehead atoms. The number of hydrogen-bond donors (Lipinski definition) is 0. The molecule has 0 aliphatic heterocycles. The molecule has 1 atom stereocenters. The summed E-state index contributed by atoms with van der Waals surface area (Å²) in [5, 5.41) is 0.585. The Kier molecular flexibility index (Phi) is 5.59. The van der Waals surface area contributed by atoms with Crippen molar-refractivity contribution in [3.63, 3.8) is 0 Å². The zero-order valence-corrected chi connectivity index (χ0v) is 11.1. The number of rotatable bonds is 5. The van der Waals surface area contributed by atoms with Crippen molar-refractivity contribution in [2.24, 2.45) is 5.92 Å². The Morgan fingerprint density at radius 1 is 1.33 bits per heavy atom. The van der Waals surface area contributed by atoms with Crippen molar-refractivity contribution in [3.05, 3.63) is 47.0 Å². The maximum absolute atomic E-state index is 12.0. The molecule has 3 nitrogen and oxygen atoms in total. The minimum Gasteiger partial charge on any atom is -0.463 e. The van der Waals surface area contributed by atoms with Gasteiger partial charge >= 0.3 is 5.97 Å². The van der Waals surface area contributed by atoms with E-state index in [0.717, 1.165) is 0 Å². The molecule has 0 heterocycles. The van der Waals surface area contributed by atoms with Crippen molar-refractivity contribution >= 4 is 23.4 Å². The number of Topliss-reactive ketones (excluding diaryl/α,β-unsaturated/α-hetero) is 1. The van der Waals surface area contributed by atoms with Crippen LogP contribution in [0.1, 0.15) is 24.2 Å². The molecule has 18 heavy (non-hydrogen) atoms. The molecule has 0 N–H and O–H groups in total. The molecule has 1 unspecified atom stereocenters. The lowest BCUT2D eigenvalue weighted by atomic mass is 9.99. The third-order valence-electron chi connectivity index (χ3n) is 2.35. The van der Waals surface area contributed by atoms with E-state index in [1.165, 1.54) is 12.2 Å². The lowest BCUT2D eigenvalue weighted by Gasteiger charge is -2.05. The first-order valence-corrected chi connectivity index (χ1v) is 6.07. The van der Waals surface area contributed by atoms with Gasteiger partial charge in [-0.05, 0) is 31.2 Å². The number of hydrogen-bond acceptors (Lipinski definition) is 3. The fourth-order valence-electron chi connectivity index (χ4n) is 1.38. The van der Waals surface area contributed by atoms with Gasteiger partial charge in [0.1, 0.15) is 0 Å². The van der Waals surface area contributed by atoms with E-state index < -0.39 is 5.97 Å². The van der Waals surface area contributed by atoms with Gasteiger partial charge in [0.05, 0.1) is 6.61 Å². The van der Waals surface area contributed by atoms with Crippen LogP contribution in [0.3, 0.4) is 0 Å². The van der Waals surface area contributed by atoms with E-state index in [9.17, 15) is 9.59 Å². The lowest BCUT2D eigenvalue weighted by Crippen LogP contribution is -2.09. The first-order valence-electron chi connectivity index (χ1n) is 5.69. The number of carbonyl (C=O) groups excluding carboxylic acids is 2. The lowest BCUT2D eigenvalue weighted by molar-refractivity contribution is -0.137. The first kappa shape index (κ1) is 14.5. The molecular formula is C14H15ClO3. The normalized spacial score (nSPS) is 12.4. The summed E-state index contributed by atoms with van der Waals surface area (Å²) in [7, 11) is 0. The minimum atomic E-state index is -0.437. The maximum atomic E-state index is 12.0. The summed E-state index contributed by atoms with van der Waals surface area (Å²) in [6.45, 7) is 3.78. The van der Waals surface area contributed by atoms with Crippen LogP contribution in [0.2, 0.25) is 5.02 Å². The monoisotopic (exact) mass is 266 g/mol. The Morgan fingerprint density at radius 3 is 2.50 bits per heavy atom. The molecule has 0 aromatic heterocycles. The number of benzene rings is 1. The number of allylic oxidation sites excluding steroid dienone is 1. The topological polar surface area (TPSA) is 43.4 Å². The predicted molar refractivity (Wildman–Crippen MR) is 70.7 cm³/mol. The minimum absolute atomic E-state index is 0.0628. The molecule has 1 aromatic rings. The van der Waals surface area contributed by atoms with Gasteiger partial charge in [0.25, 0.3) is 0 Å². The maximum Gasteiger partial charge on any atom is 0.330 e. The van der Waals surface area contributed by atoms with Crippen molar-refractivity contribution in [3.8, 4) is 0 Å². The smallest absolute Gasteiger partial charge is 0.330 e. The highest BCUT2D eigenvalue weighted by Crippen LogP contribution is 2.14. The molecule has 0 amide bonds. The molecule has 0 fully saturated rings. The molecule has 0 aliphatic carbocycles. The highest BCUT2D eigenvalue weighted by Gasteiger charge is 2.12. The van der Waals surface area contributed by atoms with E-state index in [-0.39, 0.29) is 11.7 Å². The summed E-state index contributed by atoms with van der Waals surface area (Å²) in [6, 6.07) is 6.66. The fourth-order valence-corrected chi connectivity index (χ4v) is 1.50. The Balaban J connectivity index is 2.67. The van der Waals surface area contributed by atoms with Crippen LogP contribution in [0, 0.1) is 5.92 Å². The Bertz CT molecular complexity index is 449. The van der Waals surface area contributed by atoms with Gasteiger partial charge in [-0.2, -0.15) is 0 Å². The fraction of sp³-hybridized carbons (Fsp3) is 0.286. The van der Waals surface area contributed by atoms with E-state index in [2.05, 4.69) is 0 Å². The van der Waals surface area contributed by atoms with Crippen LogP contribution in [0.15, 0.2) is 36.4 Å². The van der Waals surface area contributed by atoms with Crippen molar-refractivity contribution in [1.82, 2.24) is 0 Å². The van der Waals surface area contributed by atoms with Crippen molar-refractivity contribution in [2.45, 2.75) is 13.8 Å². The van der Waals surface area contributed by atoms with Gasteiger partial charge < -0.3 is 4.74 Å². The molecule has 4 heteroatoms. The van der Waals surface area contributed by atoms with Gasteiger partial charge in [-0.25, -0.2) is 4.79 Å². The third-order valence-corrected chi connectivity index (χ3v) is 2.60. The summed E-state index contributed by atoms with van der Waals surface area (Å²) in [4.78, 5) is 23.1. The second-order valence-electron chi connectivity index (χ2n) is 3.77. The van der Waals surface area contributed by atoms with E-state index in [4.69, 9.17) is 16.3 Å². The first-order chi connectivity index (χ1) is 8.54. The van der Waals surface area contributed by atoms with Gasteiger partial charge in [-0.1, -0.05) is 24.6 Å². The molecule has 0 radical (unpaired) electrons. The van der Waals surface area contributed by atoms with Crippen molar-refractivity contribution < 1.29 is 14.3 Å². The van der Waals surface area contributed by atoms with Crippen molar-refractivity contribution in [2.75, 3.05) is 6.61 Å². The van der Waals surface area contributed by atoms with E-state index in [1.807, 2.05) is 0 Å². The molecular weight excluding hydrogens is 252 g/mol. The number of esters is 1. The van der Waals surface area contributed by atoms with E-state index in [0.29, 0.717) is 17.2 Å². The highest BCUT2D eigenvalue weighted by atomic mass is 35.5. The Labute approximate surface area is 111 Å². The molecule has 1 aromatic carbocycles. The summed E-state index contributed by atoms with van der Waals surface area (Å²) in [5.41, 5.74) is 0.570. The van der Waals surface area contributed by atoms with Crippen LogP contribution in [-0.4, -0.2) is 18.4 Å². The van der Waals surface area contributed by atoms with Crippen LogP contribution >= 0.6 is 11.6 Å². The number of ketones is 1. The molecule has 96 valence electrons. The van der Waals surface area contributed by atoms with Crippen LogP contribution in [0.4, 0.5) is 0 Å². The Morgan fingerprint density at radius 2 is 1.94 bits per heavy atom. The van der Waals surface area contributed by atoms with Gasteiger partial charge in [-0.15, -0.1) is 0 Å². The number of carbonyl (C=O) groups is 2. The summed E-state index contributed by atoms with van der Waals surface area (Å²) < 4.78 is 4.74.